The zero-order valence-corrected chi connectivity index (χ0v) is 16.5. The highest BCUT2D eigenvalue weighted by Gasteiger charge is 2.29. The Morgan fingerprint density at radius 3 is 2.79 bits per heavy atom. The van der Waals surface area contributed by atoms with Gasteiger partial charge < -0.3 is 20.7 Å². The molecule has 1 aromatic rings. The number of carbonyl (C=O) groups excluding carboxylic acids is 1. The first-order valence-corrected chi connectivity index (χ1v) is 7.90. The molecule has 24 heavy (non-hydrogen) atoms. The lowest BCUT2D eigenvalue weighted by atomic mass is 10.0. The number of hydrogen-bond acceptors (Lipinski definition) is 4. The van der Waals surface area contributed by atoms with Gasteiger partial charge in [0.15, 0.2) is 5.96 Å². The lowest BCUT2D eigenvalue weighted by Crippen LogP contribution is -2.47. The predicted molar refractivity (Wildman–Crippen MR) is 105 cm³/mol. The summed E-state index contributed by atoms with van der Waals surface area (Å²) in [4.78, 5) is 20.0. The van der Waals surface area contributed by atoms with E-state index >= 15 is 0 Å². The van der Waals surface area contributed by atoms with E-state index in [9.17, 15) is 4.79 Å². The van der Waals surface area contributed by atoms with E-state index in [1.807, 2.05) is 0 Å². The van der Waals surface area contributed by atoms with Crippen LogP contribution >= 0.6 is 24.0 Å². The third-order valence-electron chi connectivity index (χ3n) is 3.78. The first kappa shape index (κ1) is 20.6. The number of aromatic nitrogens is 1. The summed E-state index contributed by atoms with van der Waals surface area (Å²) < 4.78 is 5.73. The summed E-state index contributed by atoms with van der Waals surface area (Å²) in [5.41, 5.74) is 0.438. The molecule has 0 saturated carbocycles. The van der Waals surface area contributed by atoms with Crippen molar-refractivity contribution in [1.82, 2.24) is 20.9 Å². The number of aliphatic imine (C=N–C) groups is 1. The molecule has 2 heterocycles. The van der Waals surface area contributed by atoms with E-state index in [1.165, 1.54) is 0 Å². The van der Waals surface area contributed by atoms with E-state index in [2.05, 4.69) is 32.9 Å². The number of ether oxygens (including phenoxy) is 1. The number of carbonyl (C=O) groups is 1. The van der Waals surface area contributed by atoms with Gasteiger partial charge in [-0.25, -0.2) is 0 Å². The van der Waals surface area contributed by atoms with Crippen LogP contribution in [0.4, 0.5) is 0 Å². The average molecular weight is 447 g/mol. The lowest BCUT2D eigenvalue weighted by molar-refractivity contribution is 0.0243. The van der Waals surface area contributed by atoms with Gasteiger partial charge >= 0.3 is 0 Å². The minimum atomic E-state index is -0.130. The van der Waals surface area contributed by atoms with Crippen molar-refractivity contribution in [3.63, 3.8) is 0 Å². The molecular weight excluding hydrogens is 421 g/mol. The maximum Gasteiger partial charge on any atom is 0.252 e. The summed E-state index contributed by atoms with van der Waals surface area (Å²) in [5.74, 6) is 0.576. The Morgan fingerprint density at radius 1 is 1.38 bits per heavy atom. The van der Waals surface area contributed by atoms with Crippen molar-refractivity contribution in [2.24, 2.45) is 4.99 Å². The van der Waals surface area contributed by atoms with Crippen LogP contribution in [0.1, 0.15) is 30.1 Å². The second-order valence-corrected chi connectivity index (χ2v) is 5.75. The smallest absolute Gasteiger partial charge is 0.252 e. The molecular formula is C16H26IN5O2. The zero-order valence-electron chi connectivity index (χ0n) is 14.2. The number of hydrogen-bond donors (Lipinski definition) is 3. The number of nitrogens with zero attached hydrogens (tertiary/aromatic N) is 2. The molecule has 134 valence electrons. The van der Waals surface area contributed by atoms with Gasteiger partial charge in [-0.2, -0.15) is 0 Å². The van der Waals surface area contributed by atoms with E-state index in [1.54, 1.807) is 31.6 Å². The Labute approximate surface area is 160 Å². The minimum absolute atomic E-state index is 0. The SMILES string of the molecule is CN=C(NCCNC(=O)c1cccnc1)NCC1(C)CCCO1.I. The molecule has 1 atom stereocenters. The minimum Gasteiger partial charge on any atom is -0.373 e. The van der Waals surface area contributed by atoms with Crippen molar-refractivity contribution < 1.29 is 9.53 Å². The normalized spacial score (nSPS) is 20.2. The third-order valence-corrected chi connectivity index (χ3v) is 3.78. The van der Waals surface area contributed by atoms with Crippen molar-refractivity contribution in [1.29, 1.82) is 0 Å². The fourth-order valence-electron chi connectivity index (χ4n) is 2.42. The van der Waals surface area contributed by atoms with Crippen LogP contribution in [0.3, 0.4) is 0 Å². The van der Waals surface area contributed by atoms with Gasteiger partial charge in [0.25, 0.3) is 5.91 Å². The van der Waals surface area contributed by atoms with Crippen LogP contribution < -0.4 is 16.0 Å². The van der Waals surface area contributed by atoms with Crippen LogP contribution in [-0.4, -0.2) is 55.7 Å². The summed E-state index contributed by atoms with van der Waals surface area (Å²) >= 11 is 0. The highest BCUT2D eigenvalue weighted by atomic mass is 127. The molecule has 0 aliphatic carbocycles. The number of halogens is 1. The second kappa shape index (κ2) is 10.4. The molecule has 1 aromatic heterocycles. The Balaban J connectivity index is 0.00000288. The highest BCUT2D eigenvalue weighted by molar-refractivity contribution is 14.0. The molecule has 2 rings (SSSR count). The predicted octanol–water partition coefficient (Wildman–Crippen LogP) is 1.16. The summed E-state index contributed by atoms with van der Waals surface area (Å²) in [6, 6.07) is 3.48. The van der Waals surface area contributed by atoms with E-state index in [4.69, 9.17) is 4.74 Å². The quantitative estimate of drug-likeness (QED) is 0.264. The fraction of sp³-hybridized carbons (Fsp3) is 0.562. The van der Waals surface area contributed by atoms with Gasteiger partial charge in [-0.05, 0) is 31.9 Å². The van der Waals surface area contributed by atoms with Crippen molar-refractivity contribution >= 4 is 35.8 Å². The van der Waals surface area contributed by atoms with E-state index in [-0.39, 0.29) is 35.5 Å². The monoisotopic (exact) mass is 447 g/mol. The fourth-order valence-corrected chi connectivity index (χ4v) is 2.42. The molecule has 8 heteroatoms. The van der Waals surface area contributed by atoms with Gasteiger partial charge in [-0.1, -0.05) is 0 Å². The van der Waals surface area contributed by atoms with Crippen molar-refractivity contribution in [3.05, 3.63) is 30.1 Å². The molecule has 1 amide bonds. The summed E-state index contributed by atoms with van der Waals surface area (Å²) in [5, 5.41) is 9.27. The molecule has 0 aromatic carbocycles. The first-order chi connectivity index (χ1) is 11.1. The van der Waals surface area contributed by atoms with Crippen LogP contribution in [0, 0.1) is 0 Å². The maximum atomic E-state index is 11.9. The van der Waals surface area contributed by atoms with Crippen LogP contribution in [0.2, 0.25) is 0 Å². The largest absolute Gasteiger partial charge is 0.373 e. The van der Waals surface area contributed by atoms with Crippen LogP contribution in [0.25, 0.3) is 0 Å². The van der Waals surface area contributed by atoms with Gasteiger partial charge in [0.2, 0.25) is 0 Å². The van der Waals surface area contributed by atoms with Crippen LogP contribution in [-0.2, 0) is 4.74 Å². The van der Waals surface area contributed by atoms with Gasteiger partial charge in [-0.3, -0.25) is 14.8 Å². The molecule has 1 aliphatic heterocycles. The molecule has 1 unspecified atom stereocenters. The van der Waals surface area contributed by atoms with Crippen molar-refractivity contribution in [2.75, 3.05) is 33.3 Å². The summed E-state index contributed by atoms with van der Waals surface area (Å²) in [7, 11) is 1.72. The Hall–Kier alpha value is -1.42. The Bertz CT molecular complexity index is 533. The van der Waals surface area contributed by atoms with Gasteiger partial charge in [-0.15, -0.1) is 24.0 Å². The van der Waals surface area contributed by atoms with E-state index in [0.717, 1.165) is 19.4 Å². The number of amides is 1. The molecule has 3 N–H and O–H groups in total. The van der Waals surface area contributed by atoms with Crippen LogP contribution in [0.15, 0.2) is 29.5 Å². The molecule has 7 nitrogen and oxygen atoms in total. The Morgan fingerprint density at radius 2 is 2.17 bits per heavy atom. The maximum absolute atomic E-state index is 11.9. The van der Waals surface area contributed by atoms with Crippen molar-refractivity contribution in [3.8, 4) is 0 Å². The molecule has 1 saturated heterocycles. The van der Waals surface area contributed by atoms with Gasteiger partial charge in [0.1, 0.15) is 0 Å². The van der Waals surface area contributed by atoms with Crippen LogP contribution in [0.5, 0.6) is 0 Å². The average Bonchev–Trinajstić information content (AvgIpc) is 3.01. The van der Waals surface area contributed by atoms with Gasteiger partial charge in [0.05, 0.1) is 11.2 Å². The van der Waals surface area contributed by atoms with E-state index in [0.29, 0.717) is 31.2 Å². The zero-order chi connectivity index (χ0) is 16.5. The highest BCUT2D eigenvalue weighted by Crippen LogP contribution is 2.23. The first-order valence-electron chi connectivity index (χ1n) is 7.90. The standard InChI is InChI=1S/C16H25N5O2.HI/c1-16(6-4-10-23-16)12-21-15(17-2)20-9-8-19-14(22)13-5-3-7-18-11-13;/h3,5,7,11H,4,6,8-10,12H2,1-2H3,(H,19,22)(H2,17,20,21);1H. The van der Waals surface area contributed by atoms with Crippen molar-refractivity contribution in [2.45, 2.75) is 25.4 Å². The molecule has 0 radical (unpaired) electrons. The summed E-state index contributed by atoms with van der Waals surface area (Å²) in [6.07, 6.45) is 5.34. The van der Waals surface area contributed by atoms with E-state index < -0.39 is 0 Å². The molecule has 0 bridgehead atoms. The number of pyridine rings is 1. The lowest BCUT2D eigenvalue weighted by Gasteiger charge is -2.24. The number of rotatable bonds is 6. The molecule has 1 fully saturated rings. The number of guanidine groups is 1. The number of nitrogens with one attached hydrogen (secondary N) is 3. The third kappa shape index (κ3) is 6.60. The second-order valence-electron chi connectivity index (χ2n) is 5.75. The summed E-state index contributed by atoms with van der Waals surface area (Å²) in [6.45, 7) is 4.74. The topological polar surface area (TPSA) is 87.6 Å². The molecule has 0 spiro atoms. The Kier molecular flexibility index (Phi) is 8.98. The molecule has 1 aliphatic rings. The van der Waals surface area contributed by atoms with Gasteiger partial charge in [0, 0.05) is 45.7 Å².